The van der Waals surface area contributed by atoms with Crippen molar-refractivity contribution in [2.75, 3.05) is 27.8 Å². The molecule has 1 heterocycles. The maximum Gasteiger partial charge on any atom is 0.337 e. The molecule has 13 heteroatoms. The molecule has 5 rings (SSSR count). The summed E-state index contributed by atoms with van der Waals surface area (Å²) in [7, 11) is 0. The van der Waals surface area contributed by atoms with Gasteiger partial charge in [0.15, 0.2) is 0 Å². The monoisotopic (exact) mass is 631 g/mol. The fraction of sp³-hybridized carbons (Fsp3) is 0.281. The second kappa shape index (κ2) is 15.7. The Balaban J connectivity index is 1.17. The van der Waals surface area contributed by atoms with E-state index < -0.39 is 11.9 Å². The van der Waals surface area contributed by atoms with Gasteiger partial charge in [0.25, 0.3) is 0 Å². The predicted molar refractivity (Wildman–Crippen MR) is 174 cm³/mol. The number of hydrogen-bond acceptors (Lipinski definition) is 8. The minimum Gasteiger partial charge on any atom is -0.354 e. The van der Waals surface area contributed by atoms with Crippen LogP contribution in [0.2, 0.25) is 5.02 Å². The fourth-order valence-electron chi connectivity index (χ4n) is 4.91. The Bertz CT molecular complexity index is 1580. The third-order valence-electron chi connectivity index (χ3n) is 7.29. The molecule has 0 saturated heterocycles. The number of anilines is 5. The Morgan fingerprint density at radius 2 is 1.44 bits per heavy atom. The van der Waals surface area contributed by atoms with Crippen LogP contribution in [0.1, 0.15) is 43.2 Å². The number of hydrogen-bond donors (Lipinski definition) is 6. The quantitative estimate of drug-likeness (QED) is 0.104. The van der Waals surface area contributed by atoms with Crippen molar-refractivity contribution < 1.29 is 14.0 Å². The van der Waals surface area contributed by atoms with Gasteiger partial charge in [-0.3, -0.25) is 10.2 Å². The Kier molecular flexibility index (Phi) is 10.9. The molecule has 4 aromatic rings. The molecule has 0 atom stereocenters. The Hall–Kier alpha value is -4.97. The number of rotatable bonds is 11. The number of halogens is 2. The Morgan fingerprint density at radius 3 is 2.18 bits per heavy atom. The van der Waals surface area contributed by atoms with E-state index in [9.17, 15) is 14.0 Å². The van der Waals surface area contributed by atoms with Crippen LogP contribution in [0.5, 0.6) is 0 Å². The van der Waals surface area contributed by atoms with E-state index >= 15 is 0 Å². The Morgan fingerprint density at radius 1 is 0.778 bits per heavy atom. The third kappa shape index (κ3) is 10.0. The molecule has 0 bridgehead atoms. The molecule has 0 spiro atoms. The summed E-state index contributed by atoms with van der Waals surface area (Å²) in [6, 6.07) is 19.6. The fourth-order valence-corrected chi connectivity index (χ4v) is 5.09. The van der Waals surface area contributed by atoms with Crippen molar-refractivity contribution in [3.8, 4) is 0 Å². The summed E-state index contributed by atoms with van der Waals surface area (Å²) < 4.78 is 13.3. The first kappa shape index (κ1) is 31.5. The molecule has 45 heavy (non-hydrogen) atoms. The molecule has 1 fully saturated rings. The van der Waals surface area contributed by atoms with Crippen LogP contribution in [0.15, 0.2) is 72.8 Å². The summed E-state index contributed by atoms with van der Waals surface area (Å²) in [5.74, 6) is 1.07. The van der Waals surface area contributed by atoms with Crippen LogP contribution in [0, 0.1) is 11.7 Å². The minimum absolute atomic E-state index is 0.0467. The molecule has 0 radical (unpaired) electrons. The summed E-state index contributed by atoms with van der Waals surface area (Å²) in [5.41, 5.74) is 7.46. The number of hydrazine groups is 1. The van der Waals surface area contributed by atoms with Crippen molar-refractivity contribution in [3.63, 3.8) is 0 Å². The molecule has 1 aromatic heterocycles. The van der Waals surface area contributed by atoms with Gasteiger partial charge in [-0.25, -0.2) is 14.6 Å². The van der Waals surface area contributed by atoms with Crippen molar-refractivity contribution in [1.82, 2.24) is 25.8 Å². The van der Waals surface area contributed by atoms with E-state index in [2.05, 4.69) is 47.1 Å². The smallest absolute Gasteiger partial charge is 0.337 e. The summed E-state index contributed by atoms with van der Waals surface area (Å²) in [6.45, 7) is 1.20. The molecule has 0 aliphatic heterocycles. The van der Waals surface area contributed by atoms with Gasteiger partial charge in [0.05, 0.1) is 17.1 Å². The first-order valence-electron chi connectivity index (χ1n) is 14.8. The first-order valence-corrected chi connectivity index (χ1v) is 15.2. The highest BCUT2D eigenvalue weighted by Gasteiger charge is 2.15. The minimum atomic E-state index is -0.618. The molecule has 1 aliphatic carbocycles. The number of amides is 3. The number of nitrogens with one attached hydrogen (secondary N) is 6. The number of carbonyl (C=O) groups is 2. The molecule has 0 unspecified atom stereocenters. The highest BCUT2D eigenvalue weighted by atomic mass is 35.5. The van der Waals surface area contributed by atoms with E-state index in [-0.39, 0.29) is 12.2 Å². The zero-order chi connectivity index (χ0) is 31.4. The van der Waals surface area contributed by atoms with Gasteiger partial charge in [0.1, 0.15) is 5.82 Å². The van der Waals surface area contributed by atoms with Crippen LogP contribution in [0.25, 0.3) is 0 Å². The SMILES string of the molecule is O=C(Cc1ccc(Nc2nc(NCc3ccc(F)cc3)nc(NCC3CCCCC3)n2)cc1)NNC(=O)Nc1ccccc1Cl. The second-order valence-corrected chi connectivity index (χ2v) is 11.2. The van der Waals surface area contributed by atoms with Gasteiger partial charge in [0.2, 0.25) is 23.8 Å². The molecule has 3 aromatic carbocycles. The van der Waals surface area contributed by atoms with Gasteiger partial charge in [0, 0.05) is 18.8 Å². The largest absolute Gasteiger partial charge is 0.354 e. The number of aromatic nitrogens is 3. The molecular formula is C32H35ClFN9O2. The van der Waals surface area contributed by atoms with Gasteiger partial charge < -0.3 is 21.3 Å². The van der Waals surface area contributed by atoms with Crippen molar-refractivity contribution in [3.05, 3.63) is 94.8 Å². The molecule has 234 valence electrons. The maximum atomic E-state index is 13.3. The normalized spacial score (nSPS) is 13.0. The summed E-state index contributed by atoms with van der Waals surface area (Å²) >= 11 is 6.04. The predicted octanol–water partition coefficient (Wildman–Crippen LogP) is 6.41. The van der Waals surface area contributed by atoms with Gasteiger partial charge >= 0.3 is 6.03 Å². The number of benzene rings is 3. The van der Waals surface area contributed by atoms with Crippen LogP contribution in [-0.4, -0.2) is 33.4 Å². The van der Waals surface area contributed by atoms with E-state index in [1.165, 1.54) is 44.2 Å². The zero-order valence-corrected chi connectivity index (χ0v) is 25.3. The van der Waals surface area contributed by atoms with E-state index in [4.69, 9.17) is 11.6 Å². The molecule has 1 saturated carbocycles. The standard InChI is InChI=1S/C32H35ClFN9O2/c33-26-8-4-5-9-27(26)38-32(45)43-42-28(44)18-21-12-16-25(17-13-21)37-31-40-29(35-19-22-6-2-1-3-7-22)39-30(41-31)36-20-23-10-14-24(34)15-11-23/h4-5,8-17,22H,1-3,6-7,18-20H2,(H,42,44)(H2,38,43,45)(H3,35,36,37,39,40,41). The lowest BCUT2D eigenvalue weighted by Crippen LogP contribution is -2.44. The number of urea groups is 1. The Labute approximate surface area is 265 Å². The highest BCUT2D eigenvalue weighted by Crippen LogP contribution is 2.24. The van der Waals surface area contributed by atoms with Crippen LogP contribution in [-0.2, 0) is 17.8 Å². The molecular weight excluding hydrogens is 597 g/mol. The average molecular weight is 632 g/mol. The molecule has 11 nitrogen and oxygen atoms in total. The lowest BCUT2D eigenvalue weighted by molar-refractivity contribution is -0.121. The molecule has 1 aliphatic rings. The van der Waals surface area contributed by atoms with Gasteiger partial charge in [-0.1, -0.05) is 67.3 Å². The second-order valence-electron chi connectivity index (χ2n) is 10.8. The summed E-state index contributed by atoms with van der Waals surface area (Å²) in [6.07, 6.45) is 6.20. The van der Waals surface area contributed by atoms with Crippen molar-refractivity contribution in [2.45, 2.75) is 45.1 Å². The van der Waals surface area contributed by atoms with Crippen molar-refractivity contribution in [1.29, 1.82) is 0 Å². The molecule has 6 N–H and O–H groups in total. The van der Waals surface area contributed by atoms with Crippen molar-refractivity contribution >= 4 is 52.8 Å². The highest BCUT2D eigenvalue weighted by molar-refractivity contribution is 6.33. The van der Waals surface area contributed by atoms with Gasteiger partial charge in [-0.2, -0.15) is 15.0 Å². The summed E-state index contributed by atoms with van der Waals surface area (Å²) in [4.78, 5) is 38.1. The zero-order valence-electron chi connectivity index (χ0n) is 24.6. The number of nitrogens with zero attached hydrogens (tertiary/aromatic N) is 3. The number of para-hydroxylation sites is 1. The van der Waals surface area contributed by atoms with Gasteiger partial charge in [-0.05, 0) is 66.3 Å². The van der Waals surface area contributed by atoms with Crippen LogP contribution < -0.4 is 32.1 Å². The third-order valence-corrected chi connectivity index (χ3v) is 7.61. The van der Waals surface area contributed by atoms with E-state index in [1.54, 1.807) is 48.5 Å². The number of carbonyl (C=O) groups excluding carboxylic acids is 2. The average Bonchev–Trinajstić information content (AvgIpc) is 3.05. The van der Waals surface area contributed by atoms with E-state index in [0.29, 0.717) is 46.7 Å². The topological polar surface area (TPSA) is 145 Å². The lowest BCUT2D eigenvalue weighted by Gasteiger charge is -2.21. The van der Waals surface area contributed by atoms with Crippen LogP contribution >= 0.6 is 11.6 Å². The first-order chi connectivity index (χ1) is 21.9. The lowest BCUT2D eigenvalue weighted by atomic mass is 9.89. The van der Waals surface area contributed by atoms with Crippen molar-refractivity contribution in [2.24, 2.45) is 5.92 Å². The summed E-state index contributed by atoms with van der Waals surface area (Å²) in [5, 5.41) is 12.7. The van der Waals surface area contributed by atoms with E-state index in [1.807, 2.05) is 12.1 Å². The van der Waals surface area contributed by atoms with Gasteiger partial charge in [-0.15, -0.1) is 0 Å². The molecule has 3 amide bonds. The van der Waals surface area contributed by atoms with Crippen LogP contribution in [0.4, 0.5) is 38.4 Å². The maximum absolute atomic E-state index is 13.3. The van der Waals surface area contributed by atoms with Crippen LogP contribution in [0.3, 0.4) is 0 Å². The van der Waals surface area contributed by atoms with E-state index in [0.717, 1.165) is 17.7 Å².